The van der Waals surface area contributed by atoms with Crippen molar-refractivity contribution >= 4 is 80.5 Å². The van der Waals surface area contributed by atoms with Crippen LogP contribution in [0.25, 0.3) is 43.2 Å². The van der Waals surface area contributed by atoms with E-state index in [0.29, 0.717) is 23.1 Å². The van der Waals surface area contributed by atoms with Crippen molar-refractivity contribution in [2.75, 3.05) is 13.1 Å². The first-order chi connectivity index (χ1) is 39.2. The number of aliphatic hydroxyl groups excluding tert-OH is 1. The molecule has 2 amide bonds. The van der Waals surface area contributed by atoms with Gasteiger partial charge in [0.25, 0.3) is 6.01 Å². The van der Waals surface area contributed by atoms with E-state index in [4.69, 9.17) is 45.9 Å². The van der Waals surface area contributed by atoms with E-state index >= 15 is 0 Å². The first kappa shape index (κ1) is 64.7. The highest BCUT2D eigenvalue weighted by molar-refractivity contribution is 7.13. The van der Waals surface area contributed by atoms with Gasteiger partial charge in [0.2, 0.25) is 5.28 Å². The van der Waals surface area contributed by atoms with Gasteiger partial charge in [-0.25, -0.2) is 34.1 Å². The van der Waals surface area contributed by atoms with Gasteiger partial charge in [0.05, 0.1) is 41.6 Å². The number of benzene rings is 2. The lowest BCUT2D eigenvalue weighted by Crippen LogP contribution is -2.45. The highest BCUT2D eigenvalue weighted by Crippen LogP contribution is 2.41. The van der Waals surface area contributed by atoms with E-state index in [1.54, 1.807) is 78.1 Å². The average Bonchev–Trinajstić information content (AvgIpc) is 2.92. The van der Waals surface area contributed by atoms with Crippen LogP contribution in [0.1, 0.15) is 196 Å². The molecule has 4 fully saturated rings. The van der Waals surface area contributed by atoms with Crippen molar-refractivity contribution in [3.63, 3.8) is 0 Å². The van der Waals surface area contributed by atoms with Crippen LogP contribution in [0.2, 0.25) is 5.28 Å². The van der Waals surface area contributed by atoms with Gasteiger partial charge in [0.1, 0.15) is 50.4 Å². The summed E-state index contributed by atoms with van der Waals surface area (Å²) in [5.41, 5.74) is 6.87. The van der Waals surface area contributed by atoms with Crippen LogP contribution in [-0.2, 0) is 19.1 Å². The van der Waals surface area contributed by atoms with Crippen molar-refractivity contribution in [3.8, 4) is 27.2 Å². The number of ether oxygens (including phenoxy) is 3. The maximum atomic E-state index is 12.9. The molecule has 454 valence electrons. The molecular weight excluding hydrogens is 1120 g/mol. The monoisotopic (exact) mass is 1200 g/mol. The molecule has 2 saturated carbocycles. The Balaban J connectivity index is 0.000000195. The molecule has 2 saturated heterocycles. The average molecular weight is 1200 g/mol. The van der Waals surface area contributed by atoms with Gasteiger partial charge in [-0.3, -0.25) is 14.4 Å². The smallest absolute Gasteiger partial charge is 0.411 e. The Labute approximate surface area is 501 Å². The minimum Gasteiger partial charge on any atom is -0.480 e. The predicted molar refractivity (Wildman–Crippen MR) is 328 cm³/mol. The molecule has 2 aliphatic carbocycles. The van der Waals surface area contributed by atoms with Crippen LogP contribution < -0.4 is 4.74 Å². The van der Waals surface area contributed by atoms with Crippen molar-refractivity contribution in [2.45, 2.75) is 221 Å². The molecule has 0 spiro atoms. The normalized spacial score (nSPS) is 21.5. The Hall–Kier alpha value is -5.83. The van der Waals surface area contributed by atoms with Crippen molar-refractivity contribution in [1.29, 1.82) is 0 Å². The van der Waals surface area contributed by atoms with E-state index in [9.17, 15) is 29.4 Å². The Kier molecular flexibility index (Phi) is 21.4. The van der Waals surface area contributed by atoms with E-state index in [0.717, 1.165) is 48.1 Å². The summed E-state index contributed by atoms with van der Waals surface area (Å²) in [5, 5.41) is 35.6. The van der Waals surface area contributed by atoms with Crippen LogP contribution >= 0.6 is 34.3 Å². The lowest BCUT2D eigenvalue weighted by atomic mass is 9.87. The standard InChI is InChI=1S/C30H40N4O5S.C19H22ClN3S.C11H19NO5.C2H6/c1-17(2)34-22-14-10-13-20(26-31-21(16-40-26)19-11-8-7-9-12-19)24(22)32-28(34)38-23-15-33(25(18(23)3)27(35)36)29(37)39-30(4,5)6;1-12(2)23-16-10-6-9-14(17(16)22-19(23)20)18-21-15(11-24-18)13-7-4-3-5-8-13;1-6-7(13)5-12(8(6)9(14)15)10(16)17-11(2,3)4;1-2/h10,13-14,16-19,23,25H,7-9,11-12,15H2,1-6H3,(H,35,36);6,9-13H,3-5,7-8H2,1-2H3;6-8,13H,5H2,1-4H3,(H,14,15);1-2H3/t18-,23+,25+;;6-,7+,8+;/m1.1./s1. The number of carboxylic acid groups (broad SMARTS) is 2. The molecule has 0 unspecified atom stereocenters. The first-order valence-corrected chi connectivity index (χ1v) is 31.7. The zero-order valence-corrected chi connectivity index (χ0v) is 53.2. The number of hydrogen-bond donors (Lipinski definition) is 3. The molecule has 83 heavy (non-hydrogen) atoms. The molecule has 4 aliphatic rings. The summed E-state index contributed by atoms with van der Waals surface area (Å²) < 4.78 is 21.2. The van der Waals surface area contributed by atoms with Crippen LogP contribution in [0.4, 0.5) is 9.59 Å². The van der Waals surface area contributed by atoms with Crippen molar-refractivity contribution < 1.29 is 48.7 Å². The number of β-amino-alcohol motifs (C(OH)–C–C–N with tert-alkyl or cyclic N) is 1. The number of amides is 2. The third kappa shape index (κ3) is 15.2. The number of nitrogens with zero attached hydrogens (tertiary/aromatic N) is 8. The highest BCUT2D eigenvalue weighted by atomic mass is 35.5. The van der Waals surface area contributed by atoms with Crippen LogP contribution in [0, 0.1) is 11.8 Å². The topological polar surface area (TPSA) is 225 Å². The Morgan fingerprint density at radius 1 is 0.614 bits per heavy atom. The molecule has 6 heterocycles. The number of aromatic nitrogens is 6. The summed E-state index contributed by atoms with van der Waals surface area (Å²) in [7, 11) is 0. The molecule has 10 rings (SSSR count). The second-order valence-corrected chi connectivity index (χ2v) is 26.7. The number of fused-ring (bicyclic) bond motifs is 2. The number of thiazole rings is 2. The third-order valence-electron chi connectivity index (χ3n) is 15.6. The maximum absolute atomic E-state index is 12.9. The van der Waals surface area contributed by atoms with Gasteiger partial charge in [-0.05, 0) is 131 Å². The number of hydrogen-bond acceptors (Lipinski definition) is 14. The minimum atomic E-state index is -1.13. The molecule has 3 N–H and O–H groups in total. The number of carbonyl (C=O) groups excluding carboxylic acids is 2. The SMILES string of the molecule is CC.CC(C)n1c(Cl)nc2c(-c3nc(C4CCCCC4)cs3)cccc21.CC(C)n1c(O[C@H]2CN(C(=O)OC(C)(C)C)[C@H](C(=O)O)[C@@H]2C)nc2c(-c3nc(C4CCCCC4)cs3)cccc21.C[C@H]1[C@@H](C(=O)O)N(C(=O)OC(C)(C)C)C[C@@H]1O. The summed E-state index contributed by atoms with van der Waals surface area (Å²) >= 11 is 9.77. The van der Waals surface area contributed by atoms with Gasteiger partial charge in [-0.2, -0.15) is 4.98 Å². The van der Waals surface area contributed by atoms with E-state index in [1.165, 1.54) is 80.5 Å². The van der Waals surface area contributed by atoms with Crippen LogP contribution in [-0.4, -0.2) is 127 Å². The largest absolute Gasteiger partial charge is 0.480 e. The van der Waals surface area contributed by atoms with Gasteiger partial charge in [0, 0.05) is 57.6 Å². The number of imidazole rings is 2. The van der Waals surface area contributed by atoms with Gasteiger partial charge >= 0.3 is 24.1 Å². The Morgan fingerprint density at radius 2 is 1.04 bits per heavy atom. The van der Waals surface area contributed by atoms with Gasteiger partial charge in [0.15, 0.2) is 0 Å². The lowest BCUT2D eigenvalue weighted by Gasteiger charge is -2.27. The summed E-state index contributed by atoms with van der Waals surface area (Å²) in [6, 6.07) is 11.0. The minimum absolute atomic E-state index is 0.00690. The quantitative estimate of drug-likeness (QED) is 0.116. The number of carboxylic acids is 2. The lowest BCUT2D eigenvalue weighted by molar-refractivity contribution is -0.144. The number of carbonyl (C=O) groups is 4. The van der Waals surface area contributed by atoms with Crippen LogP contribution in [0.5, 0.6) is 6.01 Å². The second kappa shape index (κ2) is 27.5. The number of para-hydroxylation sites is 2. The fraction of sp³-hybridized carbons (Fsp3) is 0.613. The van der Waals surface area contributed by atoms with Crippen LogP contribution in [0.15, 0.2) is 47.2 Å². The fourth-order valence-electron chi connectivity index (χ4n) is 11.5. The van der Waals surface area contributed by atoms with E-state index in [2.05, 4.69) is 72.3 Å². The maximum Gasteiger partial charge on any atom is 0.411 e. The van der Waals surface area contributed by atoms with Crippen molar-refractivity contribution in [2.24, 2.45) is 11.8 Å². The number of rotatable bonds is 10. The highest BCUT2D eigenvalue weighted by Gasteiger charge is 2.49. The summed E-state index contributed by atoms with van der Waals surface area (Å²) in [6.07, 6.45) is 10.1. The molecule has 0 bridgehead atoms. The van der Waals surface area contributed by atoms with E-state index in [1.807, 2.05) is 30.5 Å². The molecular formula is C62H87ClN8O10S2. The summed E-state index contributed by atoms with van der Waals surface area (Å²) in [5.74, 6) is -2.01. The molecule has 21 heteroatoms. The molecule has 18 nitrogen and oxygen atoms in total. The number of halogens is 1. The predicted octanol–water partition coefficient (Wildman–Crippen LogP) is 15.0. The number of likely N-dealkylation sites (tertiary alicyclic amines) is 2. The molecule has 6 aromatic rings. The molecule has 4 aromatic heterocycles. The summed E-state index contributed by atoms with van der Waals surface area (Å²) in [6.45, 7) is 26.3. The third-order valence-corrected chi connectivity index (χ3v) is 17.6. The molecule has 2 aliphatic heterocycles. The fourth-order valence-corrected chi connectivity index (χ4v) is 13.8. The van der Waals surface area contributed by atoms with Gasteiger partial charge in [-0.15, -0.1) is 22.7 Å². The Bertz CT molecular complexity index is 3180. The van der Waals surface area contributed by atoms with Crippen molar-refractivity contribution in [1.82, 2.24) is 38.9 Å². The van der Waals surface area contributed by atoms with Crippen molar-refractivity contribution in [3.05, 3.63) is 63.8 Å². The Morgan fingerprint density at radius 3 is 1.47 bits per heavy atom. The van der Waals surface area contributed by atoms with Gasteiger partial charge < -0.3 is 34.1 Å². The second-order valence-electron chi connectivity index (χ2n) is 24.6. The molecule has 2 aromatic carbocycles. The van der Waals surface area contributed by atoms with Gasteiger partial charge in [-0.1, -0.05) is 78.4 Å². The van der Waals surface area contributed by atoms with Crippen LogP contribution in [0.3, 0.4) is 0 Å². The molecule has 6 atom stereocenters. The van der Waals surface area contributed by atoms with E-state index < -0.39 is 71.5 Å². The zero-order chi connectivity index (χ0) is 60.8. The molecule has 0 radical (unpaired) electrons. The summed E-state index contributed by atoms with van der Waals surface area (Å²) in [4.78, 5) is 69.9. The number of aliphatic hydroxyl groups is 1. The van der Waals surface area contributed by atoms with E-state index in [-0.39, 0.29) is 25.2 Å². The number of aliphatic carboxylic acids is 2. The zero-order valence-electron chi connectivity index (χ0n) is 50.8. The first-order valence-electron chi connectivity index (χ1n) is 29.6.